The van der Waals surface area contributed by atoms with Gasteiger partial charge in [0.15, 0.2) is 5.79 Å². The van der Waals surface area contributed by atoms with Gasteiger partial charge in [-0.2, -0.15) is 0 Å². The maximum absolute atomic E-state index is 6.13. The van der Waals surface area contributed by atoms with Crippen LogP contribution in [0.4, 0.5) is 0 Å². The molecule has 0 amide bonds. The van der Waals surface area contributed by atoms with Gasteiger partial charge in [0, 0.05) is 12.8 Å². The molecule has 0 bridgehead atoms. The average Bonchev–Trinajstić information content (AvgIpc) is 2.65. The Balaban J connectivity index is 1.62. The molecule has 1 aliphatic heterocycles. The lowest BCUT2D eigenvalue weighted by atomic mass is 9.97. The molecule has 0 aromatic heterocycles. The van der Waals surface area contributed by atoms with E-state index in [1.807, 2.05) is 0 Å². The Bertz CT molecular complexity index is 423. The Hall–Kier alpha value is -0.860. The first-order chi connectivity index (χ1) is 12.3. The van der Waals surface area contributed by atoms with Crippen molar-refractivity contribution in [1.82, 2.24) is 0 Å². The normalized spacial score (nSPS) is 16.8. The number of unbranched alkanes of at least 4 members (excludes halogenated alkanes) is 9. The molecule has 1 saturated heterocycles. The summed E-state index contributed by atoms with van der Waals surface area (Å²) >= 11 is 0. The van der Waals surface area contributed by atoms with Crippen molar-refractivity contribution >= 4 is 0 Å². The van der Waals surface area contributed by atoms with Crippen molar-refractivity contribution in [3.05, 3.63) is 35.9 Å². The van der Waals surface area contributed by atoms with Gasteiger partial charge in [-0.15, -0.1) is 0 Å². The van der Waals surface area contributed by atoms with Crippen molar-refractivity contribution in [2.75, 3.05) is 13.2 Å². The summed E-state index contributed by atoms with van der Waals surface area (Å²) in [5.74, 6) is -0.375. The zero-order valence-electron chi connectivity index (χ0n) is 16.3. The van der Waals surface area contributed by atoms with Gasteiger partial charge >= 0.3 is 0 Å². The molecule has 25 heavy (non-hydrogen) atoms. The van der Waals surface area contributed by atoms with Crippen molar-refractivity contribution in [3.63, 3.8) is 0 Å². The van der Waals surface area contributed by atoms with Gasteiger partial charge in [-0.25, -0.2) is 0 Å². The van der Waals surface area contributed by atoms with Gasteiger partial charge in [-0.05, 0) is 18.4 Å². The van der Waals surface area contributed by atoms with E-state index in [1.54, 1.807) is 0 Å². The molecular weight excluding hydrogens is 308 g/mol. The molecule has 1 fully saturated rings. The summed E-state index contributed by atoms with van der Waals surface area (Å²) < 4.78 is 12.3. The number of hydrogen-bond acceptors (Lipinski definition) is 2. The van der Waals surface area contributed by atoms with Crippen molar-refractivity contribution in [2.45, 2.75) is 96.2 Å². The van der Waals surface area contributed by atoms with E-state index in [0.717, 1.165) is 32.5 Å². The molecule has 1 heterocycles. The van der Waals surface area contributed by atoms with E-state index >= 15 is 0 Å². The predicted octanol–water partition coefficient (Wildman–Crippen LogP) is 6.67. The van der Waals surface area contributed by atoms with Gasteiger partial charge in [0.25, 0.3) is 0 Å². The van der Waals surface area contributed by atoms with E-state index in [0.29, 0.717) is 0 Å². The monoisotopic (exact) mass is 346 g/mol. The highest BCUT2D eigenvalue weighted by atomic mass is 16.7. The predicted molar refractivity (Wildman–Crippen MR) is 106 cm³/mol. The SMILES string of the molecule is CCCCCCCCCCCCC1(Cc2ccccc2)OCCCO1. The van der Waals surface area contributed by atoms with Crippen LogP contribution in [-0.2, 0) is 15.9 Å². The van der Waals surface area contributed by atoms with Crippen molar-refractivity contribution < 1.29 is 9.47 Å². The molecule has 0 atom stereocenters. The number of ether oxygens (including phenoxy) is 2. The smallest absolute Gasteiger partial charge is 0.172 e. The van der Waals surface area contributed by atoms with Gasteiger partial charge in [-0.1, -0.05) is 95.0 Å². The van der Waals surface area contributed by atoms with E-state index in [-0.39, 0.29) is 5.79 Å². The minimum atomic E-state index is -0.375. The molecule has 2 rings (SSSR count). The zero-order chi connectivity index (χ0) is 17.6. The molecule has 0 N–H and O–H groups in total. The van der Waals surface area contributed by atoms with Gasteiger partial charge < -0.3 is 9.47 Å². The molecule has 0 unspecified atom stereocenters. The van der Waals surface area contributed by atoms with E-state index in [4.69, 9.17) is 9.47 Å². The molecule has 2 nitrogen and oxygen atoms in total. The van der Waals surface area contributed by atoms with Gasteiger partial charge in [-0.3, -0.25) is 0 Å². The fourth-order valence-electron chi connectivity index (χ4n) is 3.74. The molecule has 1 aromatic carbocycles. The van der Waals surface area contributed by atoms with Crippen LogP contribution in [0.2, 0.25) is 0 Å². The maximum atomic E-state index is 6.13. The highest BCUT2D eigenvalue weighted by Gasteiger charge is 2.34. The summed E-state index contributed by atoms with van der Waals surface area (Å²) in [7, 11) is 0. The highest BCUT2D eigenvalue weighted by Crippen LogP contribution is 2.29. The Labute approximate surface area is 155 Å². The first kappa shape index (κ1) is 20.5. The molecule has 1 aliphatic rings. The standard InChI is InChI=1S/C23H38O2/c1-2-3-4-5-6-7-8-9-10-14-18-23(24-19-15-20-25-23)21-22-16-12-11-13-17-22/h11-13,16-17H,2-10,14-15,18-21H2,1H3. The summed E-state index contributed by atoms with van der Waals surface area (Å²) in [5, 5.41) is 0. The van der Waals surface area contributed by atoms with Crippen LogP contribution < -0.4 is 0 Å². The molecule has 1 aromatic rings. The third kappa shape index (κ3) is 8.37. The van der Waals surface area contributed by atoms with Crippen molar-refractivity contribution in [1.29, 1.82) is 0 Å². The second kappa shape index (κ2) is 12.5. The van der Waals surface area contributed by atoms with E-state index in [9.17, 15) is 0 Å². The minimum absolute atomic E-state index is 0.375. The number of rotatable bonds is 13. The van der Waals surface area contributed by atoms with Crippen LogP contribution >= 0.6 is 0 Å². The van der Waals surface area contributed by atoms with E-state index < -0.39 is 0 Å². The van der Waals surface area contributed by atoms with Crippen LogP contribution in [0.3, 0.4) is 0 Å². The van der Waals surface area contributed by atoms with Crippen LogP contribution in [0.5, 0.6) is 0 Å². The largest absolute Gasteiger partial charge is 0.349 e. The highest BCUT2D eigenvalue weighted by molar-refractivity contribution is 5.16. The maximum Gasteiger partial charge on any atom is 0.172 e. The lowest BCUT2D eigenvalue weighted by molar-refractivity contribution is -0.269. The van der Waals surface area contributed by atoms with Crippen molar-refractivity contribution in [2.24, 2.45) is 0 Å². The second-order valence-electron chi connectivity index (χ2n) is 7.56. The van der Waals surface area contributed by atoms with Crippen LogP contribution in [-0.4, -0.2) is 19.0 Å². The van der Waals surface area contributed by atoms with E-state index in [2.05, 4.69) is 37.3 Å². The first-order valence-corrected chi connectivity index (χ1v) is 10.7. The topological polar surface area (TPSA) is 18.5 Å². The van der Waals surface area contributed by atoms with Gasteiger partial charge in [0.1, 0.15) is 0 Å². The number of benzene rings is 1. The van der Waals surface area contributed by atoms with Crippen LogP contribution in [0.25, 0.3) is 0 Å². The summed E-state index contributed by atoms with van der Waals surface area (Å²) in [6, 6.07) is 10.6. The average molecular weight is 347 g/mol. The summed E-state index contributed by atoms with van der Waals surface area (Å²) in [4.78, 5) is 0. The van der Waals surface area contributed by atoms with Crippen LogP contribution in [0.15, 0.2) is 30.3 Å². The molecule has 0 spiro atoms. The third-order valence-electron chi connectivity index (χ3n) is 5.25. The molecule has 0 radical (unpaired) electrons. The zero-order valence-corrected chi connectivity index (χ0v) is 16.3. The fourth-order valence-corrected chi connectivity index (χ4v) is 3.74. The lowest BCUT2D eigenvalue weighted by Crippen LogP contribution is -2.42. The molecule has 2 heteroatoms. The van der Waals surface area contributed by atoms with Crippen molar-refractivity contribution in [3.8, 4) is 0 Å². The quantitative estimate of drug-likeness (QED) is 0.371. The molecule has 142 valence electrons. The Kier molecular flexibility index (Phi) is 10.2. The molecule has 0 saturated carbocycles. The Morgan fingerprint density at radius 1 is 0.760 bits per heavy atom. The lowest BCUT2D eigenvalue weighted by Gasteiger charge is -2.37. The fraction of sp³-hybridized carbons (Fsp3) is 0.739. The minimum Gasteiger partial charge on any atom is -0.349 e. The summed E-state index contributed by atoms with van der Waals surface area (Å²) in [6.07, 6.45) is 16.6. The van der Waals surface area contributed by atoms with Crippen LogP contribution in [0, 0.1) is 0 Å². The van der Waals surface area contributed by atoms with Crippen LogP contribution in [0.1, 0.15) is 89.5 Å². The number of hydrogen-bond donors (Lipinski definition) is 0. The summed E-state index contributed by atoms with van der Waals surface area (Å²) in [6.45, 7) is 3.96. The summed E-state index contributed by atoms with van der Waals surface area (Å²) in [5.41, 5.74) is 1.32. The third-order valence-corrected chi connectivity index (χ3v) is 5.25. The Morgan fingerprint density at radius 2 is 1.32 bits per heavy atom. The Morgan fingerprint density at radius 3 is 1.92 bits per heavy atom. The molecular formula is C23H38O2. The second-order valence-corrected chi connectivity index (χ2v) is 7.56. The molecule has 0 aliphatic carbocycles. The van der Waals surface area contributed by atoms with Gasteiger partial charge in [0.2, 0.25) is 0 Å². The van der Waals surface area contributed by atoms with Gasteiger partial charge in [0.05, 0.1) is 13.2 Å². The van der Waals surface area contributed by atoms with E-state index in [1.165, 1.54) is 69.8 Å². The first-order valence-electron chi connectivity index (χ1n) is 10.7.